The second-order valence-corrected chi connectivity index (χ2v) is 7.26. The number of hydrogen-bond acceptors (Lipinski definition) is 4. The fraction of sp³-hybridized carbons (Fsp3) is 0.579. The van der Waals surface area contributed by atoms with Crippen molar-refractivity contribution in [1.82, 2.24) is 15.1 Å². The molecular formula is C19H28N4O2. The van der Waals surface area contributed by atoms with Crippen LogP contribution in [-0.2, 0) is 9.59 Å². The Labute approximate surface area is 149 Å². The fourth-order valence-corrected chi connectivity index (χ4v) is 3.33. The Bertz CT molecular complexity index is 605. The highest BCUT2D eigenvalue weighted by Gasteiger charge is 2.58. The second-order valence-electron chi connectivity index (χ2n) is 7.26. The molecule has 2 fully saturated rings. The summed E-state index contributed by atoms with van der Waals surface area (Å²) in [6.07, 6.45) is 1.36. The first-order chi connectivity index (χ1) is 12.0. The van der Waals surface area contributed by atoms with E-state index in [1.807, 2.05) is 42.1 Å². The Kier molecular flexibility index (Phi) is 5.27. The number of hydrogen-bond donors (Lipinski definition) is 1. The van der Waals surface area contributed by atoms with Crippen molar-refractivity contribution in [3.05, 3.63) is 30.3 Å². The van der Waals surface area contributed by atoms with E-state index in [0.29, 0.717) is 32.5 Å². The topological polar surface area (TPSA) is 55.9 Å². The third-order valence-electron chi connectivity index (χ3n) is 5.13. The zero-order valence-corrected chi connectivity index (χ0v) is 15.2. The van der Waals surface area contributed by atoms with Gasteiger partial charge in [-0.25, -0.2) is 0 Å². The maximum absolute atomic E-state index is 12.9. The van der Waals surface area contributed by atoms with E-state index in [0.717, 1.165) is 19.6 Å². The Balaban J connectivity index is 1.53. The van der Waals surface area contributed by atoms with Crippen molar-refractivity contribution in [3.8, 4) is 0 Å². The summed E-state index contributed by atoms with van der Waals surface area (Å²) < 4.78 is 0. The van der Waals surface area contributed by atoms with Crippen LogP contribution in [0.5, 0.6) is 0 Å². The summed E-state index contributed by atoms with van der Waals surface area (Å²) in [7, 11) is 3.94. The summed E-state index contributed by atoms with van der Waals surface area (Å²) in [5.41, 5.74) is 0.401. The molecule has 3 rings (SSSR count). The minimum atomic E-state index is -0.790. The first-order valence-corrected chi connectivity index (χ1v) is 9.05. The highest BCUT2D eigenvalue weighted by molar-refractivity contribution is 6.07. The van der Waals surface area contributed by atoms with Gasteiger partial charge in [0.25, 0.3) is 0 Å². The molecule has 1 N–H and O–H groups in total. The third-order valence-corrected chi connectivity index (χ3v) is 5.13. The summed E-state index contributed by atoms with van der Waals surface area (Å²) in [5, 5.41) is 2.93. The first kappa shape index (κ1) is 17.7. The van der Waals surface area contributed by atoms with Gasteiger partial charge in [0, 0.05) is 45.0 Å². The molecule has 0 aromatic heterocycles. The minimum absolute atomic E-state index is 0.0163. The molecule has 1 heterocycles. The van der Waals surface area contributed by atoms with Crippen molar-refractivity contribution in [2.45, 2.75) is 12.8 Å². The van der Waals surface area contributed by atoms with Crippen LogP contribution in [0.4, 0.5) is 5.69 Å². The van der Waals surface area contributed by atoms with E-state index in [4.69, 9.17) is 0 Å². The molecule has 1 aliphatic heterocycles. The van der Waals surface area contributed by atoms with Crippen molar-refractivity contribution < 1.29 is 9.59 Å². The number of carbonyl (C=O) groups is 2. The van der Waals surface area contributed by atoms with Crippen LogP contribution in [0.15, 0.2) is 30.3 Å². The Morgan fingerprint density at radius 1 is 1.08 bits per heavy atom. The summed E-state index contributed by atoms with van der Waals surface area (Å²) in [6, 6.07) is 10.3. The third kappa shape index (κ3) is 3.95. The molecule has 0 spiro atoms. The molecule has 0 unspecified atom stereocenters. The van der Waals surface area contributed by atoms with Crippen LogP contribution in [-0.4, -0.2) is 75.0 Å². The van der Waals surface area contributed by atoms with Crippen LogP contribution >= 0.6 is 0 Å². The molecule has 6 heteroatoms. The molecule has 1 aromatic carbocycles. The average Bonchev–Trinajstić information content (AvgIpc) is 3.43. The lowest BCUT2D eigenvalue weighted by molar-refractivity contribution is -0.144. The van der Waals surface area contributed by atoms with Crippen molar-refractivity contribution in [2.75, 3.05) is 58.3 Å². The van der Waals surface area contributed by atoms with E-state index in [-0.39, 0.29) is 11.8 Å². The molecule has 1 saturated carbocycles. The van der Waals surface area contributed by atoms with Crippen LogP contribution in [0.3, 0.4) is 0 Å². The number of rotatable bonds is 6. The van der Waals surface area contributed by atoms with Crippen molar-refractivity contribution in [3.63, 3.8) is 0 Å². The van der Waals surface area contributed by atoms with Crippen molar-refractivity contribution >= 4 is 17.5 Å². The van der Waals surface area contributed by atoms with Crippen molar-refractivity contribution in [1.29, 1.82) is 0 Å². The number of nitrogens with one attached hydrogen (secondary N) is 1. The Hall–Kier alpha value is -2.08. The number of carbonyl (C=O) groups excluding carboxylic acids is 2. The van der Waals surface area contributed by atoms with E-state index >= 15 is 0 Å². The van der Waals surface area contributed by atoms with Gasteiger partial charge in [-0.1, -0.05) is 18.2 Å². The lowest BCUT2D eigenvalue weighted by Crippen LogP contribution is -2.53. The van der Waals surface area contributed by atoms with Crippen LogP contribution in [0, 0.1) is 5.41 Å². The van der Waals surface area contributed by atoms with Gasteiger partial charge in [-0.05, 0) is 39.1 Å². The van der Waals surface area contributed by atoms with Crippen molar-refractivity contribution in [2.24, 2.45) is 5.41 Å². The number of anilines is 1. The van der Waals surface area contributed by atoms with Gasteiger partial charge in [0.2, 0.25) is 11.8 Å². The SMILES string of the molecule is CN(C)CCNC(=O)C1(C(=O)N2CCN(c3ccccc3)CC2)CC1. The summed E-state index contributed by atoms with van der Waals surface area (Å²) >= 11 is 0. The Morgan fingerprint density at radius 2 is 1.72 bits per heavy atom. The number of piperazine rings is 1. The van der Waals surface area contributed by atoms with Gasteiger partial charge in [-0.15, -0.1) is 0 Å². The van der Waals surface area contributed by atoms with E-state index in [1.54, 1.807) is 0 Å². The van der Waals surface area contributed by atoms with Crippen LogP contribution in [0.2, 0.25) is 0 Å². The van der Waals surface area contributed by atoms with Crippen LogP contribution < -0.4 is 10.2 Å². The van der Waals surface area contributed by atoms with E-state index in [9.17, 15) is 9.59 Å². The lowest BCUT2D eigenvalue weighted by atomic mass is 10.0. The van der Waals surface area contributed by atoms with E-state index in [2.05, 4.69) is 22.3 Å². The quantitative estimate of drug-likeness (QED) is 0.776. The molecule has 2 aliphatic rings. The average molecular weight is 344 g/mol. The summed E-state index contributed by atoms with van der Waals surface area (Å²) in [4.78, 5) is 31.6. The molecule has 0 bridgehead atoms. The predicted octanol–water partition coefficient (Wildman–Crippen LogP) is 0.793. The second kappa shape index (κ2) is 7.44. The molecular weight excluding hydrogens is 316 g/mol. The van der Waals surface area contributed by atoms with Gasteiger partial charge in [-0.2, -0.15) is 0 Å². The molecule has 0 atom stereocenters. The van der Waals surface area contributed by atoms with Gasteiger partial charge in [0.1, 0.15) is 5.41 Å². The molecule has 1 saturated heterocycles. The number of amides is 2. The molecule has 2 amide bonds. The number of para-hydroxylation sites is 1. The zero-order chi connectivity index (χ0) is 17.9. The zero-order valence-electron chi connectivity index (χ0n) is 15.2. The maximum atomic E-state index is 12.9. The molecule has 6 nitrogen and oxygen atoms in total. The van der Waals surface area contributed by atoms with E-state index in [1.165, 1.54) is 5.69 Å². The largest absolute Gasteiger partial charge is 0.368 e. The van der Waals surface area contributed by atoms with Gasteiger partial charge in [0.15, 0.2) is 0 Å². The molecule has 1 aliphatic carbocycles. The highest BCUT2D eigenvalue weighted by atomic mass is 16.2. The standard InChI is InChI=1S/C19H28N4O2/c1-21(2)11-10-20-17(24)19(8-9-19)18(25)23-14-12-22(13-15-23)16-6-4-3-5-7-16/h3-7H,8-15H2,1-2H3,(H,20,24). The lowest BCUT2D eigenvalue weighted by Gasteiger charge is -2.37. The van der Waals surface area contributed by atoms with Gasteiger partial charge >= 0.3 is 0 Å². The monoisotopic (exact) mass is 344 g/mol. The summed E-state index contributed by atoms with van der Waals surface area (Å²) in [6.45, 7) is 4.36. The summed E-state index contributed by atoms with van der Waals surface area (Å²) in [5.74, 6) is -0.0765. The molecule has 25 heavy (non-hydrogen) atoms. The van der Waals surface area contributed by atoms with Crippen LogP contribution in [0.25, 0.3) is 0 Å². The van der Waals surface area contributed by atoms with Crippen LogP contribution in [0.1, 0.15) is 12.8 Å². The van der Waals surface area contributed by atoms with Gasteiger partial charge in [0.05, 0.1) is 0 Å². The number of likely N-dealkylation sites (N-methyl/N-ethyl adjacent to an activating group) is 1. The fourth-order valence-electron chi connectivity index (χ4n) is 3.33. The van der Waals surface area contributed by atoms with Gasteiger partial charge < -0.3 is 20.0 Å². The molecule has 1 aromatic rings. The molecule has 0 radical (unpaired) electrons. The predicted molar refractivity (Wildman–Crippen MR) is 98.5 cm³/mol. The smallest absolute Gasteiger partial charge is 0.238 e. The van der Waals surface area contributed by atoms with Gasteiger partial charge in [-0.3, -0.25) is 9.59 Å². The Morgan fingerprint density at radius 3 is 2.28 bits per heavy atom. The number of nitrogens with zero attached hydrogens (tertiary/aromatic N) is 3. The highest BCUT2D eigenvalue weighted by Crippen LogP contribution is 2.47. The van der Waals surface area contributed by atoms with E-state index < -0.39 is 5.41 Å². The first-order valence-electron chi connectivity index (χ1n) is 9.05. The maximum Gasteiger partial charge on any atom is 0.238 e. The molecule has 136 valence electrons. The number of benzene rings is 1. The minimum Gasteiger partial charge on any atom is -0.368 e. The normalized spacial score (nSPS) is 19.0.